The van der Waals surface area contributed by atoms with Crippen molar-refractivity contribution in [1.29, 1.82) is 0 Å². The summed E-state index contributed by atoms with van der Waals surface area (Å²) >= 11 is 0. The third-order valence-corrected chi connectivity index (χ3v) is 4.84. The Morgan fingerprint density at radius 2 is 2.19 bits per heavy atom. The van der Waals surface area contributed by atoms with Crippen molar-refractivity contribution >= 4 is 17.7 Å². The van der Waals surface area contributed by atoms with Gasteiger partial charge >= 0.3 is 12.1 Å². The van der Waals surface area contributed by atoms with E-state index >= 15 is 0 Å². The molecule has 12 heteroatoms. The fourth-order valence-corrected chi connectivity index (χ4v) is 3.23. The van der Waals surface area contributed by atoms with Gasteiger partial charge in [0.1, 0.15) is 18.1 Å². The van der Waals surface area contributed by atoms with Crippen LogP contribution < -0.4 is 10.6 Å². The number of cyclic esters (lactones) is 1. The Kier molecular flexibility index (Phi) is 6.03. The minimum atomic E-state index is -0.640. The van der Waals surface area contributed by atoms with Crippen LogP contribution in [0.2, 0.25) is 0 Å². The summed E-state index contributed by atoms with van der Waals surface area (Å²) in [5.41, 5.74) is 7.06. The first-order valence-electron chi connectivity index (χ1n) is 9.79. The van der Waals surface area contributed by atoms with Crippen LogP contribution in [0, 0.1) is 5.82 Å². The van der Waals surface area contributed by atoms with Gasteiger partial charge in [0.25, 0.3) is 0 Å². The number of esters is 1. The first-order valence-corrected chi connectivity index (χ1v) is 9.79. The predicted molar refractivity (Wildman–Crippen MR) is 110 cm³/mol. The summed E-state index contributed by atoms with van der Waals surface area (Å²) in [4.78, 5) is 29.2. The second kappa shape index (κ2) is 9.06. The van der Waals surface area contributed by atoms with E-state index in [0.29, 0.717) is 28.3 Å². The molecular formula is C20H20FN7O4. The van der Waals surface area contributed by atoms with Gasteiger partial charge in [0, 0.05) is 30.9 Å². The minimum Gasteiger partial charge on any atom is -0.462 e. The van der Waals surface area contributed by atoms with Gasteiger partial charge in [-0.15, -0.1) is 5.10 Å². The highest BCUT2D eigenvalue weighted by Crippen LogP contribution is 2.29. The number of hydrogen-bond acceptors (Lipinski definition) is 9. The van der Waals surface area contributed by atoms with E-state index in [0.717, 1.165) is 0 Å². The average molecular weight is 441 g/mol. The Bertz CT molecular complexity index is 1140. The summed E-state index contributed by atoms with van der Waals surface area (Å²) in [7, 11) is 1.70. The summed E-state index contributed by atoms with van der Waals surface area (Å²) in [5, 5.41) is 11.2. The molecule has 0 spiro atoms. The zero-order chi connectivity index (χ0) is 22.7. The van der Waals surface area contributed by atoms with E-state index in [9.17, 15) is 14.0 Å². The number of pyridine rings is 1. The van der Waals surface area contributed by atoms with Gasteiger partial charge in [-0.2, -0.15) is 0 Å². The molecule has 3 aromatic rings. The highest BCUT2D eigenvalue weighted by atomic mass is 19.1. The molecule has 2 aromatic heterocycles. The van der Waals surface area contributed by atoms with Crippen LogP contribution in [-0.2, 0) is 21.3 Å². The zero-order valence-electron chi connectivity index (χ0n) is 17.1. The van der Waals surface area contributed by atoms with Crippen molar-refractivity contribution in [2.24, 2.45) is 12.8 Å². The lowest BCUT2D eigenvalue weighted by molar-refractivity contribution is -0.145. The summed E-state index contributed by atoms with van der Waals surface area (Å²) in [6.07, 6.45) is 0.333. The Morgan fingerprint density at radius 3 is 2.84 bits per heavy atom. The summed E-state index contributed by atoms with van der Waals surface area (Å²) < 4.78 is 26.6. The number of anilines is 1. The maximum absolute atomic E-state index is 14.9. The largest absolute Gasteiger partial charge is 0.462 e. The van der Waals surface area contributed by atoms with Crippen LogP contribution >= 0.6 is 0 Å². The van der Waals surface area contributed by atoms with Gasteiger partial charge in [0.15, 0.2) is 11.9 Å². The van der Waals surface area contributed by atoms with E-state index in [-0.39, 0.29) is 26.1 Å². The number of ether oxygens (including phenoxy) is 2. The Labute approximate surface area is 181 Å². The first-order chi connectivity index (χ1) is 15.5. The molecule has 0 aliphatic carbocycles. The molecule has 32 heavy (non-hydrogen) atoms. The molecule has 1 aliphatic heterocycles. The van der Waals surface area contributed by atoms with Crippen molar-refractivity contribution in [3.8, 4) is 22.6 Å². The number of hydrogen-bond donors (Lipinski definition) is 1. The SMILES string of the molecule is Cn1nnnc1-c1ccc(-c2ccc(N3CC(COC(=O)CCN)OC3=O)cc2F)cn1. The van der Waals surface area contributed by atoms with E-state index in [1.54, 1.807) is 31.3 Å². The molecule has 0 saturated carbocycles. The van der Waals surface area contributed by atoms with Crippen LogP contribution in [0.3, 0.4) is 0 Å². The third-order valence-electron chi connectivity index (χ3n) is 4.84. The number of benzene rings is 1. The van der Waals surface area contributed by atoms with Crippen molar-refractivity contribution < 1.29 is 23.5 Å². The fourth-order valence-electron chi connectivity index (χ4n) is 3.23. The van der Waals surface area contributed by atoms with Crippen LogP contribution in [0.4, 0.5) is 14.9 Å². The van der Waals surface area contributed by atoms with Crippen molar-refractivity contribution in [3.63, 3.8) is 0 Å². The molecule has 1 saturated heterocycles. The number of nitrogens with two attached hydrogens (primary N) is 1. The molecule has 1 unspecified atom stereocenters. The van der Waals surface area contributed by atoms with Crippen LogP contribution in [0.25, 0.3) is 22.6 Å². The molecule has 4 rings (SSSR count). The molecule has 3 heterocycles. The summed E-state index contributed by atoms with van der Waals surface area (Å²) in [6, 6.07) is 7.84. The number of rotatable bonds is 7. The zero-order valence-corrected chi connectivity index (χ0v) is 17.1. The smallest absolute Gasteiger partial charge is 0.414 e. The van der Waals surface area contributed by atoms with E-state index in [4.69, 9.17) is 15.2 Å². The van der Waals surface area contributed by atoms with E-state index < -0.39 is 24.0 Å². The second-order valence-corrected chi connectivity index (χ2v) is 7.06. The first kappa shape index (κ1) is 21.3. The van der Waals surface area contributed by atoms with Crippen LogP contribution in [0.1, 0.15) is 6.42 Å². The number of aryl methyl sites for hydroxylation is 1. The van der Waals surface area contributed by atoms with Gasteiger partial charge in [-0.05, 0) is 34.7 Å². The molecule has 11 nitrogen and oxygen atoms in total. The molecule has 1 aliphatic rings. The van der Waals surface area contributed by atoms with Crippen molar-refractivity contribution in [3.05, 3.63) is 42.3 Å². The number of nitrogens with zero attached hydrogens (tertiary/aromatic N) is 6. The third kappa shape index (κ3) is 4.39. The molecule has 0 bridgehead atoms. The van der Waals surface area contributed by atoms with Crippen LogP contribution in [0.5, 0.6) is 0 Å². The molecule has 1 atom stereocenters. The number of halogens is 1. The van der Waals surface area contributed by atoms with Crippen molar-refractivity contribution in [2.75, 3.05) is 24.6 Å². The maximum Gasteiger partial charge on any atom is 0.414 e. The average Bonchev–Trinajstić information content (AvgIpc) is 3.38. The van der Waals surface area contributed by atoms with Crippen molar-refractivity contribution in [1.82, 2.24) is 25.2 Å². The molecule has 1 aromatic carbocycles. The topological polar surface area (TPSA) is 138 Å². The number of tetrazole rings is 1. The van der Waals surface area contributed by atoms with Crippen molar-refractivity contribution in [2.45, 2.75) is 12.5 Å². The van der Waals surface area contributed by atoms with Crippen LogP contribution in [-0.4, -0.2) is 63.1 Å². The monoisotopic (exact) mass is 441 g/mol. The lowest BCUT2D eigenvalue weighted by Gasteiger charge is -2.14. The lowest BCUT2D eigenvalue weighted by atomic mass is 10.1. The van der Waals surface area contributed by atoms with E-state index in [1.807, 2.05) is 0 Å². The molecule has 1 amide bonds. The fraction of sp³-hybridized carbons (Fsp3) is 0.300. The highest BCUT2D eigenvalue weighted by molar-refractivity contribution is 5.90. The molecule has 0 radical (unpaired) electrons. The predicted octanol–water partition coefficient (Wildman–Crippen LogP) is 1.30. The van der Waals surface area contributed by atoms with Gasteiger partial charge in [-0.3, -0.25) is 14.7 Å². The number of amides is 1. The Balaban J connectivity index is 1.46. The van der Waals surface area contributed by atoms with Crippen LogP contribution in [0.15, 0.2) is 36.5 Å². The standard InChI is InChI=1S/C20H20FN7O4/c1-27-19(24-25-26-27)17-5-2-12(9-23-17)15-4-3-13(8-16(15)21)28-10-14(32-20(28)30)11-31-18(29)6-7-22/h2-5,8-9,14H,6-7,10-11,22H2,1H3. The summed E-state index contributed by atoms with van der Waals surface area (Å²) in [6.45, 7) is 0.229. The van der Waals surface area contributed by atoms with Gasteiger partial charge in [-0.25, -0.2) is 13.9 Å². The number of aromatic nitrogens is 5. The van der Waals surface area contributed by atoms with Gasteiger partial charge in [0.2, 0.25) is 0 Å². The number of carbonyl (C=O) groups is 2. The Morgan fingerprint density at radius 1 is 1.34 bits per heavy atom. The lowest BCUT2D eigenvalue weighted by Crippen LogP contribution is -2.27. The second-order valence-electron chi connectivity index (χ2n) is 7.06. The van der Waals surface area contributed by atoms with Gasteiger partial charge in [0.05, 0.1) is 18.7 Å². The molecule has 2 N–H and O–H groups in total. The molecule has 1 fully saturated rings. The number of carbonyl (C=O) groups excluding carboxylic acids is 2. The van der Waals surface area contributed by atoms with Gasteiger partial charge in [-0.1, -0.05) is 6.07 Å². The van der Waals surface area contributed by atoms with E-state index in [1.165, 1.54) is 21.8 Å². The van der Waals surface area contributed by atoms with Gasteiger partial charge < -0.3 is 15.2 Å². The quantitative estimate of drug-likeness (QED) is 0.537. The normalized spacial score (nSPS) is 15.7. The maximum atomic E-state index is 14.9. The highest BCUT2D eigenvalue weighted by Gasteiger charge is 2.33. The Hall–Kier alpha value is -3.93. The van der Waals surface area contributed by atoms with E-state index in [2.05, 4.69) is 20.5 Å². The molecule has 166 valence electrons. The molecular weight excluding hydrogens is 421 g/mol. The minimum absolute atomic E-state index is 0.0826. The summed E-state index contributed by atoms with van der Waals surface area (Å²) in [5.74, 6) is -0.501.